The number of fused-ring (bicyclic) bond motifs is 1. The molecule has 2 aromatic rings. The molecule has 1 aromatic carbocycles. The van der Waals surface area contributed by atoms with Crippen LogP contribution in [0.25, 0.3) is 0 Å². The predicted molar refractivity (Wildman–Crippen MR) is 103 cm³/mol. The molecule has 6 nitrogen and oxygen atoms in total. The van der Waals surface area contributed by atoms with Crippen LogP contribution < -0.4 is 0 Å². The molecule has 1 saturated carbocycles. The van der Waals surface area contributed by atoms with E-state index in [2.05, 4.69) is 5.10 Å². The molecule has 3 atom stereocenters. The van der Waals surface area contributed by atoms with Gasteiger partial charge < -0.3 is 5.11 Å². The van der Waals surface area contributed by atoms with Crippen LogP contribution in [0.3, 0.4) is 0 Å². The lowest BCUT2D eigenvalue weighted by atomic mass is 9.82. The van der Waals surface area contributed by atoms with E-state index in [1.54, 1.807) is 14.0 Å². The number of hydrogen-bond donors (Lipinski definition) is 1. The molecule has 0 unspecified atom stereocenters. The highest BCUT2D eigenvalue weighted by atomic mass is 35.5. The van der Waals surface area contributed by atoms with E-state index in [1.165, 1.54) is 8.99 Å². The van der Waals surface area contributed by atoms with Crippen LogP contribution in [0.15, 0.2) is 29.2 Å². The molecular weight excluding hydrogens is 386 g/mol. The first-order chi connectivity index (χ1) is 12.6. The van der Waals surface area contributed by atoms with Gasteiger partial charge in [-0.05, 0) is 38.2 Å². The molecule has 8 heteroatoms. The number of aliphatic hydroxyl groups is 1. The quantitative estimate of drug-likeness (QED) is 0.845. The first-order valence-electron chi connectivity index (χ1n) is 9.13. The topological polar surface area (TPSA) is 75.4 Å². The highest BCUT2D eigenvalue weighted by Crippen LogP contribution is 2.51. The Labute approximate surface area is 164 Å². The van der Waals surface area contributed by atoms with Crippen molar-refractivity contribution in [3.05, 3.63) is 46.2 Å². The lowest BCUT2D eigenvalue weighted by molar-refractivity contribution is -0.00400. The molecule has 0 amide bonds. The molecule has 2 aliphatic rings. The highest BCUT2D eigenvalue weighted by Gasteiger charge is 2.54. The third-order valence-corrected chi connectivity index (χ3v) is 8.69. The largest absolute Gasteiger partial charge is 0.385 e. The van der Waals surface area contributed by atoms with Crippen molar-refractivity contribution in [1.82, 2.24) is 14.1 Å². The summed E-state index contributed by atoms with van der Waals surface area (Å²) in [6.45, 7) is 4.36. The van der Waals surface area contributed by atoms with E-state index in [9.17, 15) is 13.5 Å². The highest BCUT2D eigenvalue weighted by molar-refractivity contribution is 7.89. The molecule has 0 radical (unpaired) electrons. The minimum atomic E-state index is -3.75. The lowest BCUT2D eigenvalue weighted by Crippen LogP contribution is -2.36. The van der Waals surface area contributed by atoms with Crippen molar-refractivity contribution in [2.75, 3.05) is 13.1 Å². The summed E-state index contributed by atoms with van der Waals surface area (Å²) in [4.78, 5) is 0.0746. The Morgan fingerprint density at radius 1 is 1.22 bits per heavy atom. The van der Waals surface area contributed by atoms with E-state index < -0.39 is 15.6 Å². The monoisotopic (exact) mass is 409 g/mol. The van der Waals surface area contributed by atoms with Gasteiger partial charge in [0.1, 0.15) is 10.0 Å². The molecule has 1 aliphatic heterocycles. The molecular formula is C19H24ClN3O3S. The van der Waals surface area contributed by atoms with Gasteiger partial charge in [0, 0.05) is 26.1 Å². The zero-order valence-corrected chi connectivity index (χ0v) is 17.3. The molecule has 1 N–H and O–H groups in total. The fourth-order valence-electron chi connectivity index (χ4n) is 4.69. The van der Waals surface area contributed by atoms with Gasteiger partial charge in [0.15, 0.2) is 0 Å². The number of aryl methyl sites for hydroxylation is 3. The predicted octanol–water partition coefficient (Wildman–Crippen LogP) is 2.61. The molecule has 2 heterocycles. The summed E-state index contributed by atoms with van der Waals surface area (Å²) in [5.41, 5.74) is 1.41. The van der Waals surface area contributed by atoms with Gasteiger partial charge in [0.25, 0.3) is 0 Å². The van der Waals surface area contributed by atoms with Crippen molar-refractivity contribution in [3.8, 4) is 0 Å². The smallest absolute Gasteiger partial charge is 0.248 e. The molecule has 2 fully saturated rings. The van der Waals surface area contributed by atoms with E-state index in [4.69, 9.17) is 11.6 Å². The number of hydrogen-bond acceptors (Lipinski definition) is 4. The third-order valence-electron chi connectivity index (χ3n) is 6.17. The molecule has 1 aromatic heterocycles. The van der Waals surface area contributed by atoms with Gasteiger partial charge in [-0.1, -0.05) is 41.4 Å². The number of sulfonamides is 1. The number of benzene rings is 1. The number of halogens is 1. The lowest BCUT2D eigenvalue weighted by Gasteiger charge is -2.30. The van der Waals surface area contributed by atoms with Crippen molar-refractivity contribution in [2.45, 2.75) is 37.2 Å². The normalized spacial score (nSPS) is 28.6. The summed E-state index contributed by atoms with van der Waals surface area (Å²) in [6.07, 6.45) is 1.47. The van der Waals surface area contributed by atoms with E-state index in [0.717, 1.165) is 17.5 Å². The molecule has 146 valence electrons. The molecule has 4 rings (SSSR count). The van der Waals surface area contributed by atoms with Gasteiger partial charge in [0.05, 0.1) is 11.3 Å². The van der Waals surface area contributed by atoms with Crippen LogP contribution in [0.2, 0.25) is 5.15 Å². The average Bonchev–Trinajstić information content (AvgIpc) is 3.24. The standard InChI is InChI=1S/C19H24ClN3O3S/c1-12-4-6-15(7-5-12)19(24)9-8-14-10-23(11-16(14)19)27(25,26)17-13(2)21-22(3)18(17)20/h4-7,14,16,24H,8-11H2,1-3H3/t14-,16+,19+/m1/s1. The van der Waals surface area contributed by atoms with Crippen LogP contribution in [0.4, 0.5) is 0 Å². The first kappa shape index (κ1) is 18.9. The zero-order valence-electron chi connectivity index (χ0n) is 15.7. The Bertz CT molecular complexity index is 986. The second-order valence-electron chi connectivity index (χ2n) is 7.85. The van der Waals surface area contributed by atoms with Crippen LogP contribution in [0.5, 0.6) is 0 Å². The Morgan fingerprint density at radius 3 is 2.48 bits per heavy atom. The summed E-state index contributed by atoms with van der Waals surface area (Å²) in [5, 5.41) is 15.7. The van der Waals surface area contributed by atoms with Gasteiger partial charge in [-0.3, -0.25) is 4.68 Å². The van der Waals surface area contributed by atoms with E-state index in [-0.39, 0.29) is 21.9 Å². The van der Waals surface area contributed by atoms with Crippen LogP contribution in [0.1, 0.15) is 29.7 Å². The summed E-state index contributed by atoms with van der Waals surface area (Å²) < 4.78 is 29.3. The van der Waals surface area contributed by atoms with E-state index in [0.29, 0.717) is 25.2 Å². The minimum Gasteiger partial charge on any atom is -0.385 e. The Balaban J connectivity index is 1.66. The summed E-state index contributed by atoms with van der Waals surface area (Å²) in [6, 6.07) is 7.89. The molecule has 1 saturated heterocycles. The first-order valence-corrected chi connectivity index (χ1v) is 10.9. The number of aromatic nitrogens is 2. The Morgan fingerprint density at radius 2 is 1.89 bits per heavy atom. The van der Waals surface area contributed by atoms with Gasteiger partial charge in [-0.25, -0.2) is 8.42 Å². The van der Waals surface area contributed by atoms with Gasteiger partial charge in [-0.2, -0.15) is 9.40 Å². The van der Waals surface area contributed by atoms with Crippen molar-refractivity contribution >= 4 is 21.6 Å². The van der Waals surface area contributed by atoms with E-state index >= 15 is 0 Å². The summed E-state index contributed by atoms with van der Waals surface area (Å²) in [7, 11) is -2.13. The molecule has 0 spiro atoms. The SMILES string of the molecule is Cc1ccc([C@@]2(O)CC[C@@H]3CN(S(=O)(=O)c4c(C)nn(C)c4Cl)C[C@@H]32)cc1. The third kappa shape index (κ3) is 2.83. The zero-order chi connectivity index (χ0) is 19.6. The minimum absolute atomic E-state index is 0.0746. The van der Waals surface area contributed by atoms with Gasteiger partial charge >= 0.3 is 0 Å². The van der Waals surface area contributed by atoms with Gasteiger partial charge in [0.2, 0.25) is 10.0 Å². The molecule has 27 heavy (non-hydrogen) atoms. The molecule has 1 aliphatic carbocycles. The van der Waals surface area contributed by atoms with Crippen molar-refractivity contribution in [1.29, 1.82) is 0 Å². The second-order valence-corrected chi connectivity index (χ2v) is 10.1. The van der Waals surface area contributed by atoms with Crippen molar-refractivity contribution in [3.63, 3.8) is 0 Å². The maximum absolute atomic E-state index is 13.2. The van der Waals surface area contributed by atoms with Crippen LogP contribution in [0, 0.1) is 25.7 Å². The van der Waals surface area contributed by atoms with Crippen molar-refractivity contribution in [2.24, 2.45) is 18.9 Å². The maximum atomic E-state index is 13.2. The second kappa shape index (κ2) is 6.30. The van der Waals surface area contributed by atoms with E-state index in [1.807, 2.05) is 31.2 Å². The van der Waals surface area contributed by atoms with Crippen LogP contribution >= 0.6 is 11.6 Å². The van der Waals surface area contributed by atoms with Crippen molar-refractivity contribution < 1.29 is 13.5 Å². The fourth-order valence-corrected chi connectivity index (χ4v) is 6.91. The summed E-state index contributed by atoms with van der Waals surface area (Å²) in [5.74, 6) is 0.0209. The number of rotatable bonds is 3. The Hall–Kier alpha value is -1.41. The number of nitrogens with zero attached hydrogens (tertiary/aromatic N) is 3. The summed E-state index contributed by atoms with van der Waals surface area (Å²) >= 11 is 6.21. The fraction of sp³-hybridized carbons (Fsp3) is 0.526. The van der Waals surface area contributed by atoms with Crippen LogP contribution in [-0.2, 0) is 22.7 Å². The van der Waals surface area contributed by atoms with Crippen LogP contribution in [-0.4, -0.2) is 40.7 Å². The van der Waals surface area contributed by atoms with Gasteiger partial charge in [-0.15, -0.1) is 0 Å². The molecule has 0 bridgehead atoms. The Kier molecular flexibility index (Phi) is 4.42. The average molecular weight is 410 g/mol. The maximum Gasteiger partial charge on any atom is 0.248 e.